The van der Waals surface area contributed by atoms with E-state index in [1.807, 2.05) is 23.7 Å². The van der Waals surface area contributed by atoms with Crippen LogP contribution in [0.4, 0.5) is 10.3 Å². The fourth-order valence-electron chi connectivity index (χ4n) is 2.58. The highest BCUT2D eigenvalue weighted by atomic mass is 19.1. The van der Waals surface area contributed by atoms with Crippen molar-refractivity contribution in [2.75, 3.05) is 12.3 Å². The number of fused-ring (bicyclic) bond motifs is 1. The van der Waals surface area contributed by atoms with Crippen molar-refractivity contribution >= 4 is 17.0 Å². The fourth-order valence-corrected chi connectivity index (χ4v) is 2.58. The Bertz CT molecular complexity index is 780. The third kappa shape index (κ3) is 2.74. The lowest BCUT2D eigenvalue weighted by atomic mass is 10.3. The summed E-state index contributed by atoms with van der Waals surface area (Å²) in [4.78, 5) is 0. The average molecular weight is 300 g/mol. The first kappa shape index (κ1) is 14.4. The van der Waals surface area contributed by atoms with Gasteiger partial charge in [0.1, 0.15) is 22.6 Å². The van der Waals surface area contributed by atoms with Crippen LogP contribution in [0.15, 0.2) is 48.5 Å². The molecule has 0 aliphatic carbocycles. The van der Waals surface area contributed by atoms with Gasteiger partial charge in [-0.15, -0.1) is 0 Å². The summed E-state index contributed by atoms with van der Waals surface area (Å²) in [6.45, 7) is 1.33. The minimum atomic E-state index is -0.258. The third-order valence-corrected chi connectivity index (χ3v) is 3.76. The molecule has 2 N–H and O–H groups in total. The molecule has 0 saturated heterocycles. The molecule has 1 aromatic heterocycles. The molecule has 2 aromatic carbocycles. The fraction of sp³-hybridized carbons (Fsp3) is 0.235. The molecule has 1 heterocycles. The molecule has 0 spiro atoms. The number of anilines is 1. The highest BCUT2D eigenvalue weighted by molar-refractivity contribution is 5.73. The summed E-state index contributed by atoms with van der Waals surface area (Å²) in [5.41, 5.74) is 8.39. The van der Waals surface area contributed by atoms with E-state index < -0.39 is 0 Å². The number of aromatic nitrogens is 2. The number of hydrogen-bond donors (Lipinski definition) is 1. The standard InChI is InChI=1S/C17H18FN3O/c1-20-15-5-2-3-6-16(15)21(17(20)19)11-4-12-22-14-9-7-13(18)8-10-14/h2-3,5-10,19H,4,11-12H2,1H3/p+1. The number of nitrogen functional groups attached to an aromatic ring is 1. The molecular weight excluding hydrogens is 281 g/mol. The largest absolute Gasteiger partial charge is 0.493 e. The molecule has 0 fully saturated rings. The Labute approximate surface area is 128 Å². The van der Waals surface area contributed by atoms with Crippen molar-refractivity contribution in [2.24, 2.45) is 7.05 Å². The smallest absolute Gasteiger partial charge is 0.355 e. The first-order valence-corrected chi connectivity index (χ1v) is 7.28. The quantitative estimate of drug-likeness (QED) is 0.581. The Morgan fingerprint density at radius 2 is 1.86 bits per heavy atom. The molecule has 0 atom stereocenters. The summed E-state index contributed by atoms with van der Waals surface area (Å²) < 4.78 is 22.5. The van der Waals surface area contributed by atoms with Crippen molar-refractivity contribution < 1.29 is 13.7 Å². The van der Waals surface area contributed by atoms with Crippen molar-refractivity contribution in [1.29, 1.82) is 0 Å². The maximum atomic E-state index is 12.8. The van der Waals surface area contributed by atoms with E-state index in [-0.39, 0.29) is 5.82 Å². The summed E-state index contributed by atoms with van der Waals surface area (Å²) in [6.07, 6.45) is 0.820. The van der Waals surface area contributed by atoms with E-state index in [0.29, 0.717) is 12.4 Å². The molecule has 3 rings (SSSR count). The Hall–Kier alpha value is -2.56. The predicted octanol–water partition coefficient (Wildman–Crippen LogP) is 2.66. The van der Waals surface area contributed by atoms with Gasteiger partial charge in [0.25, 0.3) is 0 Å². The molecule has 0 aliphatic rings. The first-order chi connectivity index (χ1) is 10.7. The monoisotopic (exact) mass is 300 g/mol. The minimum absolute atomic E-state index is 0.258. The summed E-state index contributed by atoms with van der Waals surface area (Å²) in [7, 11) is 1.96. The average Bonchev–Trinajstić information content (AvgIpc) is 2.78. The number of para-hydroxylation sites is 2. The van der Waals surface area contributed by atoms with E-state index in [1.165, 1.54) is 12.1 Å². The number of nitrogens with zero attached hydrogens (tertiary/aromatic N) is 2. The van der Waals surface area contributed by atoms with Crippen molar-refractivity contribution in [1.82, 2.24) is 4.57 Å². The molecule has 0 aliphatic heterocycles. The third-order valence-electron chi connectivity index (χ3n) is 3.76. The topological polar surface area (TPSA) is 44.1 Å². The molecule has 3 aromatic rings. The lowest BCUT2D eigenvalue weighted by molar-refractivity contribution is -0.630. The molecular formula is C17H19FN3O+. The molecule has 0 bridgehead atoms. The molecule has 0 unspecified atom stereocenters. The molecule has 4 nitrogen and oxygen atoms in total. The van der Waals surface area contributed by atoms with Crippen LogP contribution in [0, 0.1) is 5.82 Å². The van der Waals surface area contributed by atoms with Crippen LogP contribution in [0.2, 0.25) is 0 Å². The van der Waals surface area contributed by atoms with Gasteiger partial charge in [0, 0.05) is 6.42 Å². The number of halogens is 1. The van der Waals surface area contributed by atoms with E-state index in [0.717, 1.165) is 29.9 Å². The van der Waals surface area contributed by atoms with Crippen LogP contribution in [0.3, 0.4) is 0 Å². The summed E-state index contributed by atoms with van der Waals surface area (Å²) in [5, 5.41) is 0. The highest BCUT2D eigenvalue weighted by Gasteiger charge is 2.17. The van der Waals surface area contributed by atoms with Crippen molar-refractivity contribution in [3.8, 4) is 5.75 Å². The molecule has 22 heavy (non-hydrogen) atoms. The molecule has 114 valence electrons. The number of rotatable bonds is 5. The molecule has 0 amide bonds. The maximum absolute atomic E-state index is 12.8. The summed E-state index contributed by atoms with van der Waals surface area (Å²) >= 11 is 0. The maximum Gasteiger partial charge on any atom is 0.355 e. The van der Waals surface area contributed by atoms with Gasteiger partial charge in [0.05, 0.1) is 20.2 Å². The molecule has 0 saturated carbocycles. The van der Waals surface area contributed by atoms with E-state index in [1.54, 1.807) is 12.1 Å². The highest BCUT2D eigenvalue weighted by Crippen LogP contribution is 2.16. The summed E-state index contributed by atoms with van der Waals surface area (Å²) in [6, 6.07) is 14.2. The first-order valence-electron chi connectivity index (χ1n) is 7.28. The van der Waals surface area contributed by atoms with Crippen LogP contribution in [0.1, 0.15) is 6.42 Å². The lowest BCUT2D eigenvalue weighted by Gasteiger charge is -2.06. The van der Waals surface area contributed by atoms with Gasteiger partial charge < -0.3 is 4.74 Å². The Morgan fingerprint density at radius 1 is 1.14 bits per heavy atom. The summed E-state index contributed by atoms with van der Waals surface area (Å²) in [5.74, 6) is 1.15. The predicted molar refractivity (Wildman–Crippen MR) is 84.0 cm³/mol. The van der Waals surface area contributed by atoms with E-state index in [4.69, 9.17) is 10.5 Å². The number of benzene rings is 2. The number of hydrogen-bond acceptors (Lipinski definition) is 2. The Kier molecular flexibility index (Phi) is 3.96. The second-order valence-corrected chi connectivity index (χ2v) is 5.21. The zero-order valence-corrected chi connectivity index (χ0v) is 12.5. The van der Waals surface area contributed by atoms with Crippen LogP contribution < -0.4 is 15.0 Å². The van der Waals surface area contributed by atoms with Gasteiger partial charge in [-0.1, -0.05) is 12.1 Å². The van der Waals surface area contributed by atoms with E-state index in [9.17, 15) is 4.39 Å². The van der Waals surface area contributed by atoms with Gasteiger partial charge in [-0.05, 0) is 36.4 Å². The normalized spacial score (nSPS) is 11.0. The number of ether oxygens (including phenoxy) is 1. The lowest BCUT2D eigenvalue weighted by Crippen LogP contribution is -2.31. The van der Waals surface area contributed by atoms with Crippen LogP contribution in [0.5, 0.6) is 5.75 Å². The number of imidazole rings is 1. The molecule has 5 heteroatoms. The SMILES string of the molecule is C[n+]1c(N)n(CCCOc2ccc(F)cc2)c2ccccc21. The van der Waals surface area contributed by atoms with Gasteiger partial charge in [0.15, 0.2) is 0 Å². The van der Waals surface area contributed by atoms with Crippen LogP contribution >= 0.6 is 0 Å². The van der Waals surface area contributed by atoms with E-state index >= 15 is 0 Å². The van der Waals surface area contributed by atoms with Crippen LogP contribution in [-0.4, -0.2) is 11.2 Å². The Balaban J connectivity index is 1.64. The van der Waals surface area contributed by atoms with Gasteiger partial charge in [-0.2, -0.15) is 0 Å². The van der Waals surface area contributed by atoms with Gasteiger partial charge in [0.2, 0.25) is 0 Å². The van der Waals surface area contributed by atoms with Crippen LogP contribution in [0.25, 0.3) is 11.0 Å². The molecule has 0 radical (unpaired) electrons. The number of aryl methyl sites for hydroxylation is 2. The zero-order valence-electron chi connectivity index (χ0n) is 12.5. The van der Waals surface area contributed by atoms with Gasteiger partial charge >= 0.3 is 5.95 Å². The Morgan fingerprint density at radius 3 is 2.64 bits per heavy atom. The van der Waals surface area contributed by atoms with Gasteiger partial charge in [-0.3, -0.25) is 5.73 Å². The second kappa shape index (κ2) is 6.05. The van der Waals surface area contributed by atoms with Crippen LogP contribution in [-0.2, 0) is 13.6 Å². The van der Waals surface area contributed by atoms with E-state index in [2.05, 4.69) is 16.7 Å². The second-order valence-electron chi connectivity index (χ2n) is 5.21. The van der Waals surface area contributed by atoms with Crippen molar-refractivity contribution in [2.45, 2.75) is 13.0 Å². The van der Waals surface area contributed by atoms with Crippen molar-refractivity contribution in [3.63, 3.8) is 0 Å². The zero-order chi connectivity index (χ0) is 15.5. The number of nitrogens with two attached hydrogens (primary N) is 1. The van der Waals surface area contributed by atoms with Gasteiger partial charge in [-0.25, -0.2) is 13.5 Å². The minimum Gasteiger partial charge on any atom is -0.493 e. The van der Waals surface area contributed by atoms with Crippen molar-refractivity contribution in [3.05, 3.63) is 54.3 Å².